The maximum Gasteiger partial charge on any atom is 0.227 e. The monoisotopic (exact) mass is 275 g/mol. The second kappa shape index (κ2) is 5.25. The van der Waals surface area contributed by atoms with Crippen molar-refractivity contribution in [3.8, 4) is 0 Å². The molecule has 2 aromatic rings. The minimum atomic E-state index is -0.272. The van der Waals surface area contributed by atoms with Crippen LogP contribution in [0.4, 0.5) is 4.39 Å². The van der Waals surface area contributed by atoms with Crippen molar-refractivity contribution < 1.29 is 9.18 Å². The number of rotatable bonds is 2. The van der Waals surface area contributed by atoms with Crippen LogP contribution in [-0.2, 0) is 11.2 Å². The minimum Gasteiger partial charge on any atom is -0.356 e. The van der Waals surface area contributed by atoms with Gasteiger partial charge in [0.05, 0.1) is 11.9 Å². The van der Waals surface area contributed by atoms with Crippen LogP contribution in [0.15, 0.2) is 18.2 Å². The van der Waals surface area contributed by atoms with Crippen molar-refractivity contribution >= 4 is 16.8 Å². The summed E-state index contributed by atoms with van der Waals surface area (Å²) in [6, 6.07) is 4.98. The van der Waals surface area contributed by atoms with Gasteiger partial charge >= 0.3 is 0 Å². The van der Waals surface area contributed by atoms with Crippen LogP contribution >= 0.6 is 0 Å². The van der Waals surface area contributed by atoms with Crippen LogP contribution in [0.5, 0.6) is 0 Å². The normalized spacial score (nSPS) is 15.8. The number of para-hydroxylation sites is 1. The third-order valence-electron chi connectivity index (χ3n) is 3.90. The molecule has 1 aliphatic heterocycles. The molecule has 1 amide bonds. The number of nitrogens with zero attached hydrogens (tertiary/aromatic N) is 1. The molecule has 1 fully saturated rings. The third kappa shape index (κ3) is 2.29. The topological polar surface area (TPSA) is 48.1 Å². The number of aromatic amines is 1. The Hall–Kier alpha value is -1.88. The highest BCUT2D eigenvalue weighted by atomic mass is 19.1. The smallest absolute Gasteiger partial charge is 0.227 e. The van der Waals surface area contributed by atoms with Gasteiger partial charge in [0, 0.05) is 37.3 Å². The number of carbonyl (C=O) groups excluding carboxylic acids is 1. The van der Waals surface area contributed by atoms with E-state index in [9.17, 15) is 9.18 Å². The number of nitrogens with one attached hydrogen (secondary N) is 2. The summed E-state index contributed by atoms with van der Waals surface area (Å²) in [6.07, 6.45) is 0.329. The summed E-state index contributed by atoms with van der Waals surface area (Å²) in [5.41, 5.74) is 2.27. The number of piperazine rings is 1. The summed E-state index contributed by atoms with van der Waals surface area (Å²) in [6.45, 7) is 5.06. The molecule has 1 aromatic heterocycles. The van der Waals surface area contributed by atoms with Gasteiger partial charge in [0.1, 0.15) is 5.82 Å². The van der Waals surface area contributed by atoms with Gasteiger partial charge in [-0.05, 0) is 18.6 Å². The molecule has 0 saturated carbocycles. The van der Waals surface area contributed by atoms with Crippen molar-refractivity contribution in [1.29, 1.82) is 0 Å². The van der Waals surface area contributed by atoms with Crippen LogP contribution in [0.25, 0.3) is 10.9 Å². The predicted molar refractivity (Wildman–Crippen MR) is 76.1 cm³/mol. The Labute approximate surface area is 117 Å². The van der Waals surface area contributed by atoms with E-state index >= 15 is 0 Å². The van der Waals surface area contributed by atoms with E-state index in [4.69, 9.17) is 0 Å². The standard InChI is InChI=1S/C15H18FN3O/c1-10-12(9-14(20)19-7-5-17-6-8-19)11-3-2-4-13(16)15(11)18-10/h2-4,17-18H,5-9H2,1H3. The van der Waals surface area contributed by atoms with Gasteiger partial charge in [-0.1, -0.05) is 12.1 Å². The number of aromatic nitrogens is 1. The predicted octanol–water partition coefficient (Wildman–Crippen LogP) is 1.59. The molecule has 0 aliphatic carbocycles. The largest absolute Gasteiger partial charge is 0.356 e. The molecule has 1 saturated heterocycles. The van der Waals surface area contributed by atoms with Crippen molar-refractivity contribution in [2.45, 2.75) is 13.3 Å². The van der Waals surface area contributed by atoms with Gasteiger partial charge < -0.3 is 15.2 Å². The van der Waals surface area contributed by atoms with Crippen molar-refractivity contribution in [2.24, 2.45) is 0 Å². The molecule has 1 aromatic carbocycles. The zero-order chi connectivity index (χ0) is 14.1. The fraction of sp³-hybridized carbons (Fsp3) is 0.400. The highest BCUT2D eigenvalue weighted by Gasteiger charge is 2.20. The molecule has 106 valence electrons. The van der Waals surface area contributed by atoms with Gasteiger partial charge in [-0.25, -0.2) is 4.39 Å². The maximum absolute atomic E-state index is 13.7. The SMILES string of the molecule is Cc1[nH]c2c(F)cccc2c1CC(=O)N1CCNCC1. The lowest BCUT2D eigenvalue weighted by Crippen LogP contribution is -2.46. The number of carbonyl (C=O) groups is 1. The number of benzene rings is 1. The third-order valence-corrected chi connectivity index (χ3v) is 3.90. The summed E-state index contributed by atoms with van der Waals surface area (Å²) in [7, 11) is 0. The molecular formula is C15H18FN3O. The molecule has 1 aliphatic rings. The Morgan fingerprint density at radius 2 is 2.10 bits per heavy atom. The van der Waals surface area contributed by atoms with Gasteiger partial charge in [0.25, 0.3) is 0 Å². The number of halogens is 1. The summed E-state index contributed by atoms with van der Waals surface area (Å²) < 4.78 is 13.7. The Bertz CT molecular complexity index is 644. The van der Waals surface area contributed by atoms with E-state index < -0.39 is 0 Å². The van der Waals surface area contributed by atoms with E-state index in [0.29, 0.717) is 11.9 Å². The summed E-state index contributed by atoms with van der Waals surface area (Å²) in [5, 5.41) is 4.04. The zero-order valence-corrected chi connectivity index (χ0v) is 11.5. The van der Waals surface area contributed by atoms with Crippen LogP contribution in [0.1, 0.15) is 11.3 Å². The van der Waals surface area contributed by atoms with E-state index in [1.54, 1.807) is 6.07 Å². The number of hydrogen-bond donors (Lipinski definition) is 2. The first-order valence-electron chi connectivity index (χ1n) is 6.91. The molecule has 0 atom stereocenters. The van der Waals surface area contributed by atoms with E-state index in [2.05, 4.69) is 10.3 Å². The molecule has 2 N–H and O–H groups in total. The molecule has 2 heterocycles. The Kier molecular flexibility index (Phi) is 3.44. The first-order valence-corrected chi connectivity index (χ1v) is 6.91. The average Bonchev–Trinajstić information content (AvgIpc) is 2.78. The molecule has 20 heavy (non-hydrogen) atoms. The van der Waals surface area contributed by atoms with E-state index in [1.165, 1.54) is 6.07 Å². The molecule has 4 nitrogen and oxygen atoms in total. The summed E-state index contributed by atoms with van der Waals surface area (Å²) >= 11 is 0. The molecular weight excluding hydrogens is 257 g/mol. The molecule has 0 spiro atoms. The van der Waals surface area contributed by atoms with Crippen molar-refractivity contribution in [3.05, 3.63) is 35.3 Å². The van der Waals surface area contributed by atoms with E-state index in [0.717, 1.165) is 42.8 Å². The van der Waals surface area contributed by atoms with Crippen LogP contribution < -0.4 is 5.32 Å². The second-order valence-corrected chi connectivity index (χ2v) is 5.20. The van der Waals surface area contributed by atoms with Crippen LogP contribution in [0.3, 0.4) is 0 Å². The van der Waals surface area contributed by atoms with Gasteiger partial charge in [0.2, 0.25) is 5.91 Å². The first kappa shape index (κ1) is 13.1. The van der Waals surface area contributed by atoms with Crippen molar-refractivity contribution in [1.82, 2.24) is 15.2 Å². The van der Waals surface area contributed by atoms with Gasteiger partial charge in [-0.3, -0.25) is 4.79 Å². The second-order valence-electron chi connectivity index (χ2n) is 5.20. The molecule has 3 rings (SSSR count). The molecule has 5 heteroatoms. The highest BCUT2D eigenvalue weighted by Crippen LogP contribution is 2.25. The Morgan fingerprint density at radius 3 is 2.85 bits per heavy atom. The lowest BCUT2D eigenvalue weighted by Gasteiger charge is -2.27. The van der Waals surface area contributed by atoms with Gasteiger partial charge in [-0.15, -0.1) is 0 Å². The minimum absolute atomic E-state index is 0.111. The summed E-state index contributed by atoms with van der Waals surface area (Å²) in [4.78, 5) is 17.3. The lowest BCUT2D eigenvalue weighted by molar-refractivity contribution is -0.131. The van der Waals surface area contributed by atoms with Crippen LogP contribution in [0.2, 0.25) is 0 Å². The Morgan fingerprint density at radius 1 is 1.35 bits per heavy atom. The number of hydrogen-bond acceptors (Lipinski definition) is 2. The first-order chi connectivity index (χ1) is 9.66. The average molecular weight is 275 g/mol. The zero-order valence-electron chi connectivity index (χ0n) is 11.5. The summed E-state index contributed by atoms with van der Waals surface area (Å²) in [5.74, 6) is -0.161. The fourth-order valence-electron chi connectivity index (χ4n) is 2.77. The fourth-order valence-corrected chi connectivity index (χ4v) is 2.77. The van der Waals surface area contributed by atoms with Crippen molar-refractivity contribution in [2.75, 3.05) is 26.2 Å². The van der Waals surface area contributed by atoms with Crippen LogP contribution in [-0.4, -0.2) is 42.0 Å². The number of H-pyrrole nitrogens is 1. The van der Waals surface area contributed by atoms with Crippen LogP contribution in [0, 0.1) is 12.7 Å². The Balaban J connectivity index is 1.88. The molecule has 0 unspecified atom stereocenters. The quantitative estimate of drug-likeness (QED) is 0.874. The molecule has 0 radical (unpaired) electrons. The van der Waals surface area contributed by atoms with Crippen molar-refractivity contribution in [3.63, 3.8) is 0 Å². The number of amides is 1. The number of aryl methyl sites for hydroxylation is 1. The lowest BCUT2D eigenvalue weighted by atomic mass is 10.1. The number of fused-ring (bicyclic) bond motifs is 1. The van der Waals surface area contributed by atoms with Gasteiger partial charge in [0.15, 0.2) is 0 Å². The molecule has 0 bridgehead atoms. The highest BCUT2D eigenvalue weighted by molar-refractivity contribution is 5.90. The maximum atomic E-state index is 13.7. The van der Waals surface area contributed by atoms with Gasteiger partial charge in [-0.2, -0.15) is 0 Å². The van der Waals surface area contributed by atoms with E-state index in [1.807, 2.05) is 17.9 Å². The van der Waals surface area contributed by atoms with E-state index in [-0.39, 0.29) is 11.7 Å².